The average molecular weight is 311 g/mol. The lowest BCUT2D eigenvalue weighted by molar-refractivity contribution is 0.667. The highest BCUT2D eigenvalue weighted by Crippen LogP contribution is 2.32. The zero-order valence-electron chi connectivity index (χ0n) is 13.1. The number of hydrogen-bond donors (Lipinski definition) is 1. The number of nitrogens with zero attached hydrogens (tertiary/aromatic N) is 2. The summed E-state index contributed by atoms with van der Waals surface area (Å²) in [6, 6.07) is 9.50. The average Bonchev–Trinajstić information content (AvgIpc) is 2.82. The second-order valence-corrected chi connectivity index (χ2v) is 7.34. The maximum atomic E-state index is 4.44. The van der Waals surface area contributed by atoms with Gasteiger partial charge in [-0.3, -0.25) is 4.98 Å². The Bertz CT molecular complexity index is 831. The summed E-state index contributed by atoms with van der Waals surface area (Å²) in [5.41, 5.74) is 4.85. The highest BCUT2D eigenvalue weighted by atomic mass is 32.2. The minimum atomic E-state index is 0.622. The van der Waals surface area contributed by atoms with Crippen LogP contribution in [-0.4, -0.2) is 27.1 Å². The van der Waals surface area contributed by atoms with Gasteiger partial charge in [-0.2, -0.15) is 11.8 Å². The minimum Gasteiger partial charge on any atom is -0.382 e. The van der Waals surface area contributed by atoms with Gasteiger partial charge in [0.05, 0.1) is 11.2 Å². The van der Waals surface area contributed by atoms with E-state index in [9.17, 15) is 0 Å². The number of anilines is 1. The van der Waals surface area contributed by atoms with Gasteiger partial charge in [-0.1, -0.05) is 0 Å². The maximum absolute atomic E-state index is 4.44. The number of aryl methyl sites for hydroxylation is 2. The lowest BCUT2D eigenvalue weighted by atomic mass is 10.1. The van der Waals surface area contributed by atoms with Crippen LogP contribution in [-0.2, 0) is 7.05 Å². The van der Waals surface area contributed by atoms with Crippen molar-refractivity contribution in [2.45, 2.75) is 25.8 Å². The Kier molecular flexibility index (Phi) is 3.49. The largest absolute Gasteiger partial charge is 0.382 e. The first-order valence-corrected chi connectivity index (χ1v) is 9.07. The molecule has 4 heteroatoms. The van der Waals surface area contributed by atoms with Crippen LogP contribution in [0.4, 0.5) is 5.69 Å². The number of fused-ring (bicyclic) bond motifs is 3. The molecule has 3 aromatic rings. The predicted molar refractivity (Wildman–Crippen MR) is 96.9 cm³/mol. The maximum Gasteiger partial charge on any atom is 0.0704 e. The van der Waals surface area contributed by atoms with Crippen LogP contribution < -0.4 is 5.32 Å². The SMILES string of the molecule is Cc1nccc2c3cc(NC4CCSCC4)ccc3n(C)c12. The van der Waals surface area contributed by atoms with E-state index in [4.69, 9.17) is 0 Å². The monoisotopic (exact) mass is 311 g/mol. The van der Waals surface area contributed by atoms with Gasteiger partial charge >= 0.3 is 0 Å². The van der Waals surface area contributed by atoms with Crippen molar-refractivity contribution in [2.24, 2.45) is 7.05 Å². The highest BCUT2D eigenvalue weighted by Gasteiger charge is 2.15. The third-order valence-electron chi connectivity index (χ3n) is 4.68. The van der Waals surface area contributed by atoms with Crippen molar-refractivity contribution in [2.75, 3.05) is 16.8 Å². The van der Waals surface area contributed by atoms with Crippen LogP contribution in [0.2, 0.25) is 0 Å². The fourth-order valence-corrected chi connectivity index (χ4v) is 4.64. The van der Waals surface area contributed by atoms with Gasteiger partial charge in [0, 0.05) is 41.3 Å². The molecule has 1 aliphatic heterocycles. The molecular weight excluding hydrogens is 290 g/mol. The van der Waals surface area contributed by atoms with Crippen LogP contribution in [0, 0.1) is 6.92 Å². The van der Waals surface area contributed by atoms with Gasteiger partial charge in [-0.25, -0.2) is 0 Å². The summed E-state index contributed by atoms with van der Waals surface area (Å²) in [6.07, 6.45) is 4.44. The molecule has 1 saturated heterocycles. The predicted octanol–water partition coefficient (Wildman–Crippen LogP) is 4.34. The van der Waals surface area contributed by atoms with Gasteiger partial charge in [0.2, 0.25) is 0 Å². The molecule has 0 radical (unpaired) electrons. The molecule has 0 saturated carbocycles. The molecule has 1 N–H and O–H groups in total. The van der Waals surface area contributed by atoms with Crippen molar-refractivity contribution in [3.63, 3.8) is 0 Å². The molecule has 1 aliphatic rings. The van der Waals surface area contributed by atoms with E-state index < -0.39 is 0 Å². The van der Waals surface area contributed by atoms with Crippen molar-refractivity contribution >= 4 is 39.3 Å². The van der Waals surface area contributed by atoms with Crippen LogP contribution >= 0.6 is 11.8 Å². The van der Waals surface area contributed by atoms with E-state index >= 15 is 0 Å². The number of rotatable bonds is 2. The smallest absolute Gasteiger partial charge is 0.0704 e. The van der Waals surface area contributed by atoms with Crippen LogP contribution in [0.5, 0.6) is 0 Å². The van der Waals surface area contributed by atoms with E-state index in [1.807, 2.05) is 6.20 Å². The summed E-state index contributed by atoms with van der Waals surface area (Å²) in [5.74, 6) is 2.55. The van der Waals surface area contributed by atoms with Crippen molar-refractivity contribution < 1.29 is 0 Å². The molecule has 0 bridgehead atoms. The fourth-order valence-electron chi connectivity index (χ4n) is 3.53. The number of aromatic nitrogens is 2. The van der Waals surface area contributed by atoms with E-state index in [1.165, 1.54) is 51.8 Å². The molecule has 0 aliphatic carbocycles. The zero-order valence-corrected chi connectivity index (χ0v) is 13.9. The van der Waals surface area contributed by atoms with Crippen LogP contribution in [0.1, 0.15) is 18.5 Å². The minimum absolute atomic E-state index is 0.622. The molecule has 0 atom stereocenters. The molecule has 3 heterocycles. The Morgan fingerprint density at radius 2 is 2.00 bits per heavy atom. The Morgan fingerprint density at radius 3 is 2.82 bits per heavy atom. The van der Waals surface area contributed by atoms with Crippen molar-refractivity contribution in [3.8, 4) is 0 Å². The van der Waals surface area contributed by atoms with E-state index in [2.05, 4.69) is 64.9 Å². The molecule has 3 nitrogen and oxygen atoms in total. The molecule has 0 spiro atoms. The topological polar surface area (TPSA) is 29.9 Å². The molecule has 4 rings (SSSR count). The van der Waals surface area contributed by atoms with Crippen LogP contribution in [0.3, 0.4) is 0 Å². The molecule has 0 amide bonds. The quantitative estimate of drug-likeness (QED) is 0.763. The summed E-state index contributed by atoms with van der Waals surface area (Å²) in [4.78, 5) is 4.44. The van der Waals surface area contributed by atoms with E-state index in [0.717, 1.165) is 5.69 Å². The summed E-state index contributed by atoms with van der Waals surface area (Å²) in [6.45, 7) is 2.08. The van der Waals surface area contributed by atoms with Gasteiger partial charge in [0.15, 0.2) is 0 Å². The molecule has 1 fully saturated rings. The molecule has 1 aromatic carbocycles. The van der Waals surface area contributed by atoms with Crippen LogP contribution in [0.25, 0.3) is 21.8 Å². The zero-order chi connectivity index (χ0) is 15.1. The Labute approximate surface area is 135 Å². The first-order valence-electron chi connectivity index (χ1n) is 7.92. The summed E-state index contributed by atoms with van der Waals surface area (Å²) in [7, 11) is 2.13. The van der Waals surface area contributed by atoms with Crippen molar-refractivity contribution in [1.82, 2.24) is 9.55 Å². The highest BCUT2D eigenvalue weighted by molar-refractivity contribution is 7.99. The van der Waals surface area contributed by atoms with Crippen molar-refractivity contribution in [1.29, 1.82) is 0 Å². The lowest BCUT2D eigenvalue weighted by Gasteiger charge is -2.23. The van der Waals surface area contributed by atoms with Gasteiger partial charge in [-0.05, 0) is 55.5 Å². The summed E-state index contributed by atoms with van der Waals surface area (Å²) < 4.78 is 2.26. The molecule has 0 unspecified atom stereocenters. The Morgan fingerprint density at radius 1 is 1.18 bits per heavy atom. The lowest BCUT2D eigenvalue weighted by Crippen LogP contribution is -2.24. The number of pyridine rings is 1. The Hall–Kier alpha value is -1.68. The fraction of sp³-hybridized carbons (Fsp3) is 0.389. The van der Waals surface area contributed by atoms with Crippen molar-refractivity contribution in [3.05, 3.63) is 36.2 Å². The molecule has 22 heavy (non-hydrogen) atoms. The Balaban J connectivity index is 1.79. The van der Waals surface area contributed by atoms with Gasteiger partial charge in [-0.15, -0.1) is 0 Å². The van der Waals surface area contributed by atoms with E-state index in [1.54, 1.807) is 0 Å². The summed E-state index contributed by atoms with van der Waals surface area (Å²) in [5, 5.41) is 6.34. The van der Waals surface area contributed by atoms with Gasteiger partial charge < -0.3 is 9.88 Å². The number of hydrogen-bond acceptors (Lipinski definition) is 3. The number of benzene rings is 1. The van der Waals surface area contributed by atoms with Crippen LogP contribution in [0.15, 0.2) is 30.5 Å². The number of thioether (sulfide) groups is 1. The normalized spacial score (nSPS) is 16.5. The standard InChI is InChI=1S/C18H21N3S/c1-12-18-15(5-8-19-12)16-11-14(3-4-17(16)21(18)2)20-13-6-9-22-10-7-13/h3-5,8,11,13,20H,6-7,9-10H2,1-2H3. The third-order valence-corrected chi connectivity index (χ3v) is 5.73. The van der Waals surface area contributed by atoms with E-state index in [0.29, 0.717) is 6.04 Å². The van der Waals surface area contributed by atoms with Gasteiger partial charge in [0.1, 0.15) is 0 Å². The third kappa shape index (κ3) is 2.26. The second kappa shape index (κ2) is 5.51. The second-order valence-electron chi connectivity index (χ2n) is 6.11. The van der Waals surface area contributed by atoms with E-state index in [-0.39, 0.29) is 0 Å². The molecule has 114 valence electrons. The number of nitrogens with one attached hydrogen (secondary N) is 1. The summed E-state index contributed by atoms with van der Waals surface area (Å²) >= 11 is 2.07. The van der Waals surface area contributed by atoms with Gasteiger partial charge in [0.25, 0.3) is 0 Å². The molecule has 2 aromatic heterocycles. The first-order chi connectivity index (χ1) is 10.7. The first kappa shape index (κ1) is 13.9. The molecular formula is C18H21N3S.